The molecule has 2 aliphatic rings. The van der Waals surface area contributed by atoms with Gasteiger partial charge in [-0.3, -0.25) is 0 Å². The average molecular weight is 261 g/mol. The summed E-state index contributed by atoms with van der Waals surface area (Å²) in [5.74, 6) is 2.16. The predicted octanol–water partition coefficient (Wildman–Crippen LogP) is 3.01. The third kappa shape index (κ3) is 2.20. The molecule has 1 fully saturated rings. The second-order valence-corrected chi connectivity index (χ2v) is 5.51. The van der Waals surface area contributed by atoms with E-state index in [9.17, 15) is 0 Å². The Morgan fingerprint density at radius 2 is 1.89 bits per heavy atom. The molecule has 1 N–H and O–H groups in total. The SMILES string of the molecule is COc1cc(C2CCCCN2)c(OC)c2c1CCC2. The molecular formula is C16H23NO2. The van der Waals surface area contributed by atoms with Gasteiger partial charge < -0.3 is 14.8 Å². The second kappa shape index (κ2) is 5.41. The third-order valence-corrected chi connectivity index (χ3v) is 4.45. The molecule has 1 aliphatic carbocycles. The molecule has 19 heavy (non-hydrogen) atoms. The van der Waals surface area contributed by atoms with Gasteiger partial charge in [-0.1, -0.05) is 6.42 Å². The molecule has 3 rings (SSSR count). The number of benzene rings is 1. The number of rotatable bonds is 3. The standard InChI is InChI=1S/C16H23NO2/c1-18-15-10-13(14-8-3-4-9-17-14)16(19-2)12-7-5-6-11(12)15/h10,14,17H,3-9H2,1-2H3. The lowest BCUT2D eigenvalue weighted by atomic mass is 9.93. The molecule has 0 aromatic heterocycles. The summed E-state index contributed by atoms with van der Waals surface area (Å²) >= 11 is 0. The zero-order valence-electron chi connectivity index (χ0n) is 11.9. The fraction of sp³-hybridized carbons (Fsp3) is 0.625. The second-order valence-electron chi connectivity index (χ2n) is 5.51. The Hall–Kier alpha value is -1.22. The maximum atomic E-state index is 5.75. The molecule has 0 saturated carbocycles. The molecule has 1 heterocycles. The summed E-state index contributed by atoms with van der Waals surface area (Å²) in [5, 5.41) is 3.62. The van der Waals surface area contributed by atoms with E-state index in [0.29, 0.717) is 6.04 Å². The first-order chi connectivity index (χ1) is 9.35. The van der Waals surface area contributed by atoms with Crippen molar-refractivity contribution in [3.8, 4) is 11.5 Å². The minimum Gasteiger partial charge on any atom is -0.496 e. The van der Waals surface area contributed by atoms with Crippen LogP contribution in [0, 0.1) is 0 Å². The monoisotopic (exact) mass is 261 g/mol. The van der Waals surface area contributed by atoms with Crippen LogP contribution in [0.4, 0.5) is 0 Å². The van der Waals surface area contributed by atoms with Crippen LogP contribution in [0.5, 0.6) is 11.5 Å². The summed E-state index contributed by atoms with van der Waals surface area (Å²) in [5.41, 5.74) is 4.03. The summed E-state index contributed by atoms with van der Waals surface area (Å²) in [6.07, 6.45) is 7.21. The van der Waals surface area contributed by atoms with Crippen molar-refractivity contribution >= 4 is 0 Å². The number of hydrogen-bond donors (Lipinski definition) is 1. The molecule has 1 atom stereocenters. The summed E-state index contributed by atoms with van der Waals surface area (Å²) in [6.45, 7) is 1.10. The van der Waals surface area contributed by atoms with Gasteiger partial charge in [0.1, 0.15) is 11.5 Å². The van der Waals surface area contributed by atoms with Crippen LogP contribution in [-0.2, 0) is 12.8 Å². The van der Waals surface area contributed by atoms with Crippen molar-refractivity contribution in [3.05, 3.63) is 22.8 Å². The van der Waals surface area contributed by atoms with Crippen molar-refractivity contribution in [3.63, 3.8) is 0 Å². The molecule has 0 radical (unpaired) electrons. The van der Waals surface area contributed by atoms with Gasteiger partial charge in [0.2, 0.25) is 0 Å². The lowest BCUT2D eigenvalue weighted by Gasteiger charge is -2.27. The largest absolute Gasteiger partial charge is 0.496 e. The molecule has 1 saturated heterocycles. The van der Waals surface area contributed by atoms with Crippen molar-refractivity contribution in [2.75, 3.05) is 20.8 Å². The number of hydrogen-bond acceptors (Lipinski definition) is 3. The number of nitrogens with one attached hydrogen (secondary N) is 1. The normalized spacial score (nSPS) is 22.1. The highest BCUT2D eigenvalue weighted by atomic mass is 16.5. The zero-order chi connectivity index (χ0) is 13.2. The van der Waals surface area contributed by atoms with Crippen LogP contribution in [0.15, 0.2) is 6.07 Å². The maximum absolute atomic E-state index is 5.75. The smallest absolute Gasteiger partial charge is 0.127 e. The Kier molecular flexibility index (Phi) is 3.65. The predicted molar refractivity (Wildman–Crippen MR) is 76.2 cm³/mol. The van der Waals surface area contributed by atoms with Crippen LogP contribution in [0.1, 0.15) is 48.4 Å². The van der Waals surface area contributed by atoms with Gasteiger partial charge in [-0.15, -0.1) is 0 Å². The van der Waals surface area contributed by atoms with E-state index < -0.39 is 0 Å². The Balaban J connectivity index is 2.07. The molecule has 1 unspecified atom stereocenters. The summed E-state index contributed by atoms with van der Waals surface area (Å²) in [6, 6.07) is 2.62. The number of fused-ring (bicyclic) bond motifs is 1. The minimum atomic E-state index is 0.420. The molecule has 3 heteroatoms. The summed E-state index contributed by atoms with van der Waals surface area (Å²) in [4.78, 5) is 0. The molecule has 1 aliphatic heterocycles. The average Bonchev–Trinajstić information content (AvgIpc) is 2.95. The van der Waals surface area contributed by atoms with Gasteiger partial charge >= 0.3 is 0 Å². The Labute approximate surface area is 115 Å². The van der Waals surface area contributed by atoms with Crippen LogP contribution in [0.2, 0.25) is 0 Å². The minimum absolute atomic E-state index is 0.420. The topological polar surface area (TPSA) is 30.5 Å². The van der Waals surface area contributed by atoms with E-state index in [2.05, 4.69) is 11.4 Å². The van der Waals surface area contributed by atoms with E-state index in [4.69, 9.17) is 9.47 Å². The highest BCUT2D eigenvalue weighted by Crippen LogP contribution is 2.43. The highest BCUT2D eigenvalue weighted by molar-refractivity contribution is 5.56. The van der Waals surface area contributed by atoms with Crippen LogP contribution in [0.25, 0.3) is 0 Å². The van der Waals surface area contributed by atoms with Gasteiger partial charge in [-0.05, 0) is 44.7 Å². The van der Waals surface area contributed by atoms with E-state index in [-0.39, 0.29) is 0 Å². The third-order valence-electron chi connectivity index (χ3n) is 4.45. The molecule has 1 aromatic carbocycles. The number of piperidine rings is 1. The van der Waals surface area contributed by atoms with Crippen molar-refractivity contribution in [2.45, 2.75) is 44.6 Å². The van der Waals surface area contributed by atoms with Crippen molar-refractivity contribution in [1.82, 2.24) is 5.32 Å². The summed E-state index contributed by atoms with van der Waals surface area (Å²) < 4.78 is 11.4. The lowest BCUT2D eigenvalue weighted by Crippen LogP contribution is -2.27. The molecule has 0 amide bonds. The van der Waals surface area contributed by atoms with Crippen LogP contribution >= 0.6 is 0 Å². The quantitative estimate of drug-likeness (QED) is 0.907. The Morgan fingerprint density at radius 1 is 1.05 bits per heavy atom. The lowest BCUT2D eigenvalue weighted by molar-refractivity contribution is 0.364. The van der Waals surface area contributed by atoms with Gasteiger partial charge in [-0.2, -0.15) is 0 Å². The molecular weight excluding hydrogens is 238 g/mol. The van der Waals surface area contributed by atoms with Crippen molar-refractivity contribution in [1.29, 1.82) is 0 Å². The van der Waals surface area contributed by atoms with Gasteiger partial charge in [0.15, 0.2) is 0 Å². The molecule has 3 nitrogen and oxygen atoms in total. The Morgan fingerprint density at radius 3 is 2.58 bits per heavy atom. The molecule has 0 bridgehead atoms. The van der Waals surface area contributed by atoms with Gasteiger partial charge in [0.25, 0.3) is 0 Å². The molecule has 1 aromatic rings. The van der Waals surface area contributed by atoms with Gasteiger partial charge in [-0.25, -0.2) is 0 Å². The first-order valence-electron chi connectivity index (χ1n) is 7.35. The first kappa shape index (κ1) is 12.8. The van der Waals surface area contributed by atoms with Crippen LogP contribution < -0.4 is 14.8 Å². The number of ether oxygens (including phenoxy) is 2. The summed E-state index contributed by atoms with van der Waals surface area (Å²) in [7, 11) is 3.57. The van der Waals surface area contributed by atoms with Crippen LogP contribution in [-0.4, -0.2) is 20.8 Å². The first-order valence-corrected chi connectivity index (χ1v) is 7.35. The number of methoxy groups -OCH3 is 2. The van der Waals surface area contributed by atoms with E-state index >= 15 is 0 Å². The van der Waals surface area contributed by atoms with Crippen molar-refractivity contribution in [2.24, 2.45) is 0 Å². The maximum Gasteiger partial charge on any atom is 0.127 e. The Bertz CT molecular complexity index is 464. The van der Waals surface area contributed by atoms with Gasteiger partial charge in [0, 0.05) is 22.7 Å². The van der Waals surface area contributed by atoms with E-state index in [1.54, 1.807) is 14.2 Å². The fourth-order valence-corrected chi connectivity index (χ4v) is 3.53. The van der Waals surface area contributed by atoms with E-state index in [0.717, 1.165) is 30.9 Å². The molecule has 104 valence electrons. The highest BCUT2D eigenvalue weighted by Gasteiger charge is 2.27. The molecule has 0 spiro atoms. The van der Waals surface area contributed by atoms with E-state index in [1.807, 2.05) is 0 Å². The van der Waals surface area contributed by atoms with E-state index in [1.165, 1.54) is 42.4 Å². The zero-order valence-corrected chi connectivity index (χ0v) is 11.9. The van der Waals surface area contributed by atoms with Crippen molar-refractivity contribution < 1.29 is 9.47 Å². The van der Waals surface area contributed by atoms with Gasteiger partial charge in [0.05, 0.1) is 14.2 Å². The fourth-order valence-electron chi connectivity index (χ4n) is 3.53. The van der Waals surface area contributed by atoms with Crippen LogP contribution in [0.3, 0.4) is 0 Å².